The third-order valence-corrected chi connectivity index (χ3v) is 4.64. The van der Waals surface area contributed by atoms with Crippen LogP contribution in [-0.2, 0) is 0 Å². The van der Waals surface area contributed by atoms with Gasteiger partial charge in [0.25, 0.3) is 5.82 Å². The van der Waals surface area contributed by atoms with Gasteiger partial charge in [-0.25, -0.2) is 0 Å². The lowest BCUT2D eigenvalue weighted by atomic mass is 9.92. The Morgan fingerprint density at radius 3 is 2.22 bits per heavy atom. The fourth-order valence-corrected chi connectivity index (χ4v) is 3.31. The van der Waals surface area contributed by atoms with Crippen LogP contribution in [0.4, 0.5) is 5.82 Å². The molecule has 0 saturated heterocycles. The summed E-state index contributed by atoms with van der Waals surface area (Å²) in [5, 5.41) is 9.25. The van der Waals surface area contributed by atoms with Gasteiger partial charge in [0, 0.05) is 11.8 Å². The lowest BCUT2D eigenvalue weighted by molar-refractivity contribution is 0.807. The fraction of sp³-hybridized carbons (Fsp3) is 0.261. The molecule has 0 spiro atoms. The Morgan fingerprint density at radius 1 is 1.04 bits per heavy atom. The number of benzene rings is 2. The van der Waals surface area contributed by atoms with E-state index in [1.54, 1.807) is 12.3 Å². The van der Waals surface area contributed by atoms with Gasteiger partial charge in [0.2, 0.25) is 5.82 Å². The van der Waals surface area contributed by atoms with Crippen molar-refractivity contribution in [3.8, 4) is 23.1 Å². The minimum Gasteiger partial charge on any atom is -0.359 e. The minimum atomic E-state index is 0.329. The fourth-order valence-electron chi connectivity index (χ4n) is 3.31. The topological polar surface area (TPSA) is 46.0 Å². The highest BCUT2D eigenvalue weighted by Gasteiger charge is 2.22. The van der Waals surface area contributed by atoms with E-state index in [4.69, 9.17) is 6.57 Å². The molecule has 4 nitrogen and oxygen atoms in total. The quantitative estimate of drug-likeness (QED) is 0.523. The van der Waals surface area contributed by atoms with Gasteiger partial charge >= 0.3 is 0 Å². The van der Waals surface area contributed by atoms with Crippen LogP contribution in [0.5, 0.6) is 0 Å². The molecule has 1 aromatic heterocycles. The van der Waals surface area contributed by atoms with Crippen LogP contribution in [0.2, 0.25) is 0 Å². The summed E-state index contributed by atoms with van der Waals surface area (Å²) in [5.74, 6) is 1.69. The summed E-state index contributed by atoms with van der Waals surface area (Å²) < 4.78 is 2.02. The highest BCUT2D eigenvalue weighted by Crippen LogP contribution is 2.35. The monoisotopic (exact) mass is 354 g/mol. The number of para-hydroxylation sites is 1. The standard InChI is InChI=1S/C23H22N4/c1-15(2)19-10-7-11-20(16(3)4)22(19)27-14-21(25-5)26-23(27)18-9-6-8-17(12-18)13-24/h6-12,14-16H,1-4H3. The molecule has 0 fully saturated rings. The zero-order valence-electron chi connectivity index (χ0n) is 16.1. The SMILES string of the molecule is [C-]#[N+]c1cn(-c2c(C(C)C)cccc2C(C)C)c(-c2cccc(C#N)c2)n1. The summed E-state index contributed by atoms with van der Waals surface area (Å²) in [6.07, 6.45) is 1.80. The number of nitrogens with zero attached hydrogens (tertiary/aromatic N) is 4. The Morgan fingerprint density at radius 2 is 1.67 bits per heavy atom. The predicted molar refractivity (Wildman–Crippen MR) is 108 cm³/mol. The van der Waals surface area contributed by atoms with Gasteiger partial charge in [-0.1, -0.05) is 63.5 Å². The van der Waals surface area contributed by atoms with E-state index < -0.39 is 0 Å². The molecule has 0 aliphatic heterocycles. The molecule has 4 heteroatoms. The Labute approximate surface area is 160 Å². The van der Waals surface area contributed by atoms with Crippen LogP contribution in [0.15, 0.2) is 48.7 Å². The van der Waals surface area contributed by atoms with E-state index in [2.05, 4.69) is 61.8 Å². The molecular weight excluding hydrogens is 332 g/mol. The van der Waals surface area contributed by atoms with Crippen LogP contribution in [-0.4, -0.2) is 9.55 Å². The molecule has 0 amide bonds. The second-order valence-electron chi connectivity index (χ2n) is 7.19. The summed E-state index contributed by atoms with van der Waals surface area (Å²) in [6.45, 7) is 16.1. The molecule has 134 valence electrons. The summed E-state index contributed by atoms with van der Waals surface area (Å²) >= 11 is 0. The Kier molecular flexibility index (Phi) is 5.10. The van der Waals surface area contributed by atoms with E-state index in [0.29, 0.717) is 29.0 Å². The molecule has 0 saturated carbocycles. The minimum absolute atomic E-state index is 0.329. The maximum Gasteiger partial charge on any atom is 0.288 e. The van der Waals surface area contributed by atoms with Gasteiger partial charge in [0.1, 0.15) is 0 Å². The second kappa shape index (κ2) is 7.48. The molecule has 27 heavy (non-hydrogen) atoms. The van der Waals surface area contributed by atoms with Crippen molar-refractivity contribution in [1.29, 1.82) is 5.26 Å². The van der Waals surface area contributed by atoms with Crippen LogP contribution < -0.4 is 0 Å². The molecule has 0 radical (unpaired) electrons. The van der Waals surface area contributed by atoms with Crippen LogP contribution >= 0.6 is 0 Å². The molecule has 2 aromatic carbocycles. The second-order valence-corrected chi connectivity index (χ2v) is 7.19. The molecule has 0 N–H and O–H groups in total. The van der Waals surface area contributed by atoms with E-state index >= 15 is 0 Å². The van der Waals surface area contributed by atoms with E-state index in [1.165, 1.54) is 11.1 Å². The van der Waals surface area contributed by atoms with Gasteiger partial charge in [-0.2, -0.15) is 5.26 Å². The normalized spacial score (nSPS) is 10.8. The molecule has 3 rings (SSSR count). The third kappa shape index (κ3) is 3.48. The van der Waals surface area contributed by atoms with Gasteiger partial charge in [-0.15, -0.1) is 0 Å². The molecule has 0 atom stereocenters. The van der Waals surface area contributed by atoms with Gasteiger partial charge < -0.3 is 4.85 Å². The number of imidazole rings is 1. The first-order valence-electron chi connectivity index (χ1n) is 9.06. The van der Waals surface area contributed by atoms with Crippen LogP contribution in [0, 0.1) is 17.9 Å². The third-order valence-electron chi connectivity index (χ3n) is 4.64. The summed E-state index contributed by atoms with van der Waals surface area (Å²) in [5.41, 5.74) is 4.92. The lowest BCUT2D eigenvalue weighted by Gasteiger charge is -2.21. The average molecular weight is 354 g/mol. The van der Waals surface area contributed by atoms with Crippen molar-refractivity contribution in [2.45, 2.75) is 39.5 Å². The van der Waals surface area contributed by atoms with Crippen molar-refractivity contribution in [3.63, 3.8) is 0 Å². The highest BCUT2D eigenvalue weighted by molar-refractivity contribution is 5.66. The van der Waals surface area contributed by atoms with Crippen molar-refractivity contribution in [1.82, 2.24) is 9.55 Å². The van der Waals surface area contributed by atoms with Crippen molar-refractivity contribution < 1.29 is 0 Å². The first-order chi connectivity index (χ1) is 13.0. The number of hydrogen-bond acceptors (Lipinski definition) is 2. The molecule has 0 aliphatic rings. The molecule has 0 bridgehead atoms. The molecule has 0 aliphatic carbocycles. The maximum absolute atomic E-state index is 9.25. The maximum atomic E-state index is 9.25. The first kappa shape index (κ1) is 18.4. The zero-order chi connectivity index (χ0) is 19.6. The molecule has 0 unspecified atom stereocenters. The van der Waals surface area contributed by atoms with E-state index in [1.807, 2.05) is 22.8 Å². The van der Waals surface area contributed by atoms with Crippen molar-refractivity contribution >= 4 is 5.82 Å². The zero-order valence-corrected chi connectivity index (χ0v) is 16.1. The van der Waals surface area contributed by atoms with Gasteiger partial charge in [0.05, 0.1) is 17.3 Å². The first-order valence-corrected chi connectivity index (χ1v) is 9.06. The average Bonchev–Trinajstić information content (AvgIpc) is 3.11. The molecular formula is C23H22N4. The molecule has 1 heterocycles. The van der Waals surface area contributed by atoms with E-state index in [0.717, 1.165) is 11.3 Å². The van der Waals surface area contributed by atoms with Crippen molar-refractivity contribution in [2.75, 3.05) is 0 Å². The van der Waals surface area contributed by atoms with Crippen LogP contribution in [0.3, 0.4) is 0 Å². The number of nitriles is 1. The van der Waals surface area contributed by atoms with Gasteiger partial charge in [-0.3, -0.25) is 4.57 Å². The van der Waals surface area contributed by atoms with Gasteiger partial charge in [0.15, 0.2) is 0 Å². The number of rotatable bonds is 4. The molecule has 3 aromatic rings. The summed E-state index contributed by atoms with van der Waals surface area (Å²) in [4.78, 5) is 8.10. The highest BCUT2D eigenvalue weighted by atomic mass is 15.1. The van der Waals surface area contributed by atoms with E-state index in [9.17, 15) is 5.26 Å². The predicted octanol–water partition coefficient (Wildman–Crippen LogP) is 6.21. The van der Waals surface area contributed by atoms with Crippen molar-refractivity contribution in [3.05, 3.63) is 76.8 Å². The lowest BCUT2D eigenvalue weighted by Crippen LogP contribution is -2.07. The number of hydrogen-bond donors (Lipinski definition) is 0. The Balaban J connectivity index is 2.35. The Hall–Kier alpha value is -3.37. The van der Waals surface area contributed by atoms with Crippen LogP contribution in [0.1, 0.15) is 56.2 Å². The van der Waals surface area contributed by atoms with Gasteiger partial charge in [-0.05, 0) is 41.2 Å². The van der Waals surface area contributed by atoms with E-state index in [-0.39, 0.29) is 0 Å². The summed E-state index contributed by atoms with van der Waals surface area (Å²) in [7, 11) is 0. The largest absolute Gasteiger partial charge is 0.359 e. The Bertz CT molecular complexity index is 1030. The van der Waals surface area contributed by atoms with Crippen LogP contribution in [0.25, 0.3) is 21.9 Å². The smallest absolute Gasteiger partial charge is 0.288 e. The van der Waals surface area contributed by atoms with Crippen molar-refractivity contribution in [2.24, 2.45) is 0 Å². The number of aromatic nitrogens is 2. The summed E-state index contributed by atoms with van der Waals surface area (Å²) in [6, 6.07) is 15.9.